The maximum absolute atomic E-state index is 11.4. The molecule has 3 atom stereocenters. The van der Waals surface area contributed by atoms with E-state index in [1.54, 1.807) is 0 Å². The Bertz CT molecular complexity index is 170. The number of ether oxygens (including phenoxy) is 1. The maximum atomic E-state index is 11.4. The summed E-state index contributed by atoms with van der Waals surface area (Å²) in [6, 6.07) is -0.00931. The SMILES string of the molecule is COC(=O)C1C(C)CCCCC1N. The first-order valence-electron chi connectivity index (χ1n) is 5.00. The van der Waals surface area contributed by atoms with Crippen LogP contribution in [0, 0.1) is 11.8 Å². The monoisotopic (exact) mass is 185 g/mol. The summed E-state index contributed by atoms with van der Waals surface area (Å²) in [4.78, 5) is 11.4. The van der Waals surface area contributed by atoms with Gasteiger partial charge in [0, 0.05) is 6.04 Å². The summed E-state index contributed by atoms with van der Waals surface area (Å²) >= 11 is 0. The third-order valence-corrected chi connectivity index (χ3v) is 2.99. The molecule has 76 valence electrons. The van der Waals surface area contributed by atoms with E-state index in [1.165, 1.54) is 13.5 Å². The summed E-state index contributed by atoms with van der Waals surface area (Å²) < 4.78 is 4.77. The van der Waals surface area contributed by atoms with Crippen LogP contribution in [0.25, 0.3) is 0 Å². The average molecular weight is 185 g/mol. The lowest BCUT2D eigenvalue weighted by molar-refractivity contribution is -0.148. The van der Waals surface area contributed by atoms with Crippen molar-refractivity contribution in [2.75, 3.05) is 7.11 Å². The van der Waals surface area contributed by atoms with Gasteiger partial charge in [-0.3, -0.25) is 4.79 Å². The molecule has 1 aliphatic rings. The van der Waals surface area contributed by atoms with Crippen LogP contribution in [0.15, 0.2) is 0 Å². The number of hydrogen-bond donors (Lipinski definition) is 1. The lowest BCUT2D eigenvalue weighted by atomic mass is 9.86. The molecule has 0 aromatic heterocycles. The van der Waals surface area contributed by atoms with Gasteiger partial charge in [0.15, 0.2) is 0 Å². The third kappa shape index (κ3) is 2.44. The molecule has 13 heavy (non-hydrogen) atoms. The molecule has 0 saturated heterocycles. The van der Waals surface area contributed by atoms with Crippen molar-refractivity contribution < 1.29 is 9.53 Å². The highest BCUT2D eigenvalue weighted by atomic mass is 16.5. The topological polar surface area (TPSA) is 52.3 Å². The van der Waals surface area contributed by atoms with Gasteiger partial charge in [-0.15, -0.1) is 0 Å². The summed E-state index contributed by atoms with van der Waals surface area (Å²) in [7, 11) is 1.44. The van der Waals surface area contributed by atoms with Crippen LogP contribution >= 0.6 is 0 Å². The van der Waals surface area contributed by atoms with Crippen molar-refractivity contribution in [3.05, 3.63) is 0 Å². The van der Waals surface area contributed by atoms with Gasteiger partial charge in [0.1, 0.15) is 0 Å². The van der Waals surface area contributed by atoms with Gasteiger partial charge in [0.2, 0.25) is 0 Å². The fourth-order valence-electron chi connectivity index (χ4n) is 2.17. The zero-order valence-corrected chi connectivity index (χ0v) is 8.45. The Morgan fingerprint density at radius 2 is 2.00 bits per heavy atom. The van der Waals surface area contributed by atoms with Crippen molar-refractivity contribution in [2.45, 2.75) is 38.6 Å². The van der Waals surface area contributed by atoms with Gasteiger partial charge in [0.25, 0.3) is 0 Å². The van der Waals surface area contributed by atoms with E-state index in [0.717, 1.165) is 19.3 Å². The molecular formula is C10H19NO2. The van der Waals surface area contributed by atoms with E-state index in [-0.39, 0.29) is 17.9 Å². The second kappa shape index (κ2) is 4.61. The molecule has 0 bridgehead atoms. The first-order chi connectivity index (χ1) is 6.16. The molecular weight excluding hydrogens is 166 g/mol. The second-order valence-corrected chi connectivity index (χ2v) is 3.97. The predicted octanol–water partition coefficient (Wildman–Crippen LogP) is 1.31. The second-order valence-electron chi connectivity index (χ2n) is 3.97. The molecule has 0 spiro atoms. The van der Waals surface area contributed by atoms with E-state index in [1.807, 2.05) is 0 Å². The van der Waals surface area contributed by atoms with Crippen molar-refractivity contribution >= 4 is 5.97 Å². The zero-order chi connectivity index (χ0) is 9.84. The Balaban J connectivity index is 2.68. The summed E-state index contributed by atoms with van der Waals surface area (Å²) in [5.74, 6) is 0.138. The standard InChI is InChI=1S/C10H19NO2/c1-7-5-3-4-6-8(11)9(7)10(12)13-2/h7-9H,3-6,11H2,1-2H3. The minimum absolute atomic E-state index is 0.00931. The molecule has 1 rings (SSSR count). The molecule has 0 heterocycles. The Kier molecular flexibility index (Phi) is 3.72. The van der Waals surface area contributed by atoms with Gasteiger partial charge in [-0.05, 0) is 18.8 Å². The highest BCUT2D eigenvalue weighted by molar-refractivity contribution is 5.73. The molecule has 1 fully saturated rings. The van der Waals surface area contributed by atoms with Crippen LogP contribution < -0.4 is 5.73 Å². The minimum atomic E-state index is -0.137. The first-order valence-corrected chi connectivity index (χ1v) is 5.00. The van der Waals surface area contributed by atoms with Gasteiger partial charge in [-0.2, -0.15) is 0 Å². The first kappa shape index (κ1) is 10.5. The van der Waals surface area contributed by atoms with Crippen LogP contribution in [0.5, 0.6) is 0 Å². The van der Waals surface area contributed by atoms with Crippen molar-refractivity contribution in [3.8, 4) is 0 Å². The van der Waals surface area contributed by atoms with Crippen molar-refractivity contribution in [3.63, 3.8) is 0 Å². The van der Waals surface area contributed by atoms with E-state index < -0.39 is 0 Å². The average Bonchev–Trinajstić information content (AvgIpc) is 2.27. The van der Waals surface area contributed by atoms with Crippen molar-refractivity contribution in [2.24, 2.45) is 17.6 Å². The van der Waals surface area contributed by atoms with Gasteiger partial charge < -0.3 is 10.5 Å². The summed E-state index contributed by atoms with van der Waals surface area (Å²) in [6.45, 7) is 2.09. The van der Waals surface area contributed by atoms with Crippen LogP contribution in [-0.2, 0) is 9.53 Å². The quantitative estimate of drug-likeness (QED) is 0.495. The number of methoxy groups -OCH3 is 1. The summed E-state index contributed by atoms with van der Waals surface area (Å²) in [6.07, 6.45) is 4.36. The fourth-order valence-corrected chi connectivity index (χ4v) is 2.17. The smallest absolute Gasteiger partial charge is 0.310 e. The number of carbonyl (C=O) groups excluding carboxylic acids is 1. The number of esters is 1. The normalized spacial score (nSPS) is 35.2. The number of nitrogens with two attached hydrogens (primary N) is 1. The Morgan fingerprint density at radius 3 is 2.62 bits per heavy atom. The highest BCUT2D eigenvalue weighted by Gasteiger charge is 2.33. The number of carbonyl (C=O) groups is 1. The molecule has 3 unspecified atom stereocenters. The lowest BCUT2D eigenvalue weighted by Crippen LogP contribution is -2.39. The van der Waals surface area contributed by atoms with Crippen LogP contribution in [0.2, 0.25) is 0 Å². The Labute approximate surface area is 79.6 Å². The largest absolute Gasteiger partial charge is 0.469 e. The van der Waals surface area contributed by atoms with Crippen LogP contribution in [0.3, 0.4) is 0 Å². The Hall–Kier alpha value is -0.570. The summed E-state index contributed by atoms with van der Waals surface area (Å²) in [5, 5.41) is 0. The van der Waals surface area contributed by atoms with Crippen LogP contribution in [0.1, 0.15) is 32.6 Å². The summed E-state index contributed by atoms with van der Waals surface area (Å²) in [5.41, 5.74) is 5.95. The van der Waals surface area contributed by atoms with Crippen molar-refractivity contribution in [1.82, 2.24) is 0 Å². The zero-order valence-electron chi connectivity index (χ0n) is 8.45. The molecule has 0 aromatic rings. The molecule has 0 amide bonds. The van der Waals surface area contributed by atoms with Gasteiger partial charge in [0.05, 0.1) is 13.0 Å². The molecule has 3 nitrogen and oxygen atoms in total. The lowest BCUT2D eigenvalue weighted by Gasteiger charge is -2.23. The molecule has 0 aromatic carbocycles. The molecule has 1 aliphatic carbocycles. The van der Waals surface area contributed by atoms with E-state index in [0.29, 0.717) is 5.92 Å². The van der Waals surface area contributed by atoms with Gasteiger partial charge >= 0.3 is 5.97 Å². The van der Waals surface area contributed by atoms with Crippen LogP contribution in [-0.4, -0.2) is 19.1 Å². The van der Waals surface area contributed by atoms with E-state index in [4.69, 9.17) is 10.5 Å². The minimum Gasteiger partial charge on any atom is -0.469 e. The Morgan fingerprint density at radius 1 is 1.38 bits per heavy atom. The van der Waals surface area contributed by atoms with Crippen LogP contribution in [0.4, 0.5) is 0 Å². The number of hydrogen-bond acceptors (Lipinski definition) is 3. The molecule has 0 aliphatic heterocycles. The van der Waals surface area contributed by atoms with Gasteiger partial charge in [-0.1, -0.05) is 19.8 Å². The fraction of sp³-hybridized carbons (Fsp3) is 0.900. The molecule has 3 heteroatoms. The van der Waals surface area contributed by atoms with E-state index in [2.05, 4.69) is 6.92 Å². The van der Waals surface area contributed by atoms with E-state index in [9.17, 15) is 4.79 Å². The van der Waals surface area contributed by atoms with E-state index >= 15 is 0 Å². The molecule has 2 N–H and O–H groups in total. The molecule has 0 radical (unpaired) electrons. The third-order valence-electron chi connectivity index (χ3n) is 2.99. The van der Waals surface area contributed by atoms with Gasteiger partial charge in [-0.25, -0.2) is 0 Å². The molecule has 1 saturated carbocycles. The predicted molar refractivity (Wildman–Crippen MR) is 51.1 cm³/mol. The van der Waals surface area contributed by atoms with Crippen molar-refractivity contribution in [1.29, 1.82) is 0 Å². The number of rotatable bonds is 1. The highest BCUT2D eigenvalue weighted by Crippen LogP contribution is 2.28. The maximum Gasteiger partial charge on any atom is 0.310 e.